The Bertz CT molecular complexity index is 1600. The van der Waals surface area contributed by atoms with Crippen LogP contribution in [-0.4, -0.2) is 14.7 Å². The highest BCUT2D eigenvalue weighted by atomic mass is 32.1. The normalized spacial score (nSPS) is 16.8. The van der Waals surface area contributed by atoms with Crippen LogP contribution >= 0.6 is 12.2 Å². The smallest absolute Gasteiger partial charge is 0.174 e. The van der Waals surface area contributed by atoms with E-state index in [9.17, 15) is 4.39 Å². The minimum atomic E-state index is -0.257. The first-order valence-corrected chi connectivity index (χ1v) is 13.2. The van der Waals surface area contributed by atoms with Crippen LogP contribution in [0.1, 0.15) is 34.7 Å². The zero-order valence-electron chi connectivity index (χ0n) is 21.6. The van der Waals surface area contributed by atoms with Gasteiger partial charge in [0.2, 0.25) is 0 Å². The molecule has 7 heteroatoms. The highest BCUT2D eigenvalue weighted by Crippen LogP contribution is 2.44. The second kappa shape index (κ2) is 10.3. The third-order valence-corrected chi connectivity index (χ3v) is 7.38. The van der Waals surface area contributed by atoms with Gasteiger partial charge in [0.15, 0.2) is 5.11 Å². The molecular formula is C32H27FN4OS. The van der Waals surface area contributed by atoms with Crippen LogP contribution in [0.3, 0.4) is 0 Å². The van der Waals surface area contributed by atoms with Gasteiger partial charge < -0.3 is 19.5 Å². The number of hydrogen-bond acceptors (Lipinski definition) is 3. The summed E-state index contributed by atoms with van der Waals surface area (Å²) in [5, 5.41) is 4.15. The maximum absolute atomic E-state index is 13.7. The number of aryl methyl sites for hydroxylation is 1. The molecule has 1 N–H and O–H groups in total. The average molecular weight is 535 g/mol. The van der Waals surface area contributed by atoms with Gasteiger partial charge in [0.05, 0.1) is 17.8 Å². The van der Waals surface area contributed by atoms with E-state index in [0.29, 0.717) is 5.11 Å². The first kappa shape index (κ1) is 24.8. The maximum Gasteiger partial charge on any atom is 0.174 e. The predicted molar refractivity (Wildman–Crippen MR) is 156 cm³/mol. The van der Waals surface area contributed by atoms with E-state index in [1.54, 1.807) is 18.3 Å². The summed E-state index contributed by atoms with van der Waals surface area (Å²) < 4.78 is 21.8. The number of para-hydroxylation sites is 1. The topological polar surface area (TPSA) is 42.3 Å². The molecule has 1 fully saturated rings. The molecule has 0 saturated carbocycles. The molecule has 2 unspecified atom stereocenters. The average Bonchev–Trinajstić information content (AvgIpc) is 3.45. The fourth-order valence-electron chi connectivity index (χ4n) is 5.32. The van der Waals surface area contributed by atoms with E-state index >= 15 is 0 Å². The quantitative estimate of drug-likeness (QED) is 0.227. The third kappa shape index (κ3) is 4.77. The second-order valence-corrected chi connectivity index (χ2v) is 9.93. The summed E-state index contributed by atoms with van der Waals surface area (Å²) >= 11 is 5.91. The van der Waals surface area contributed by atoms with Crippen LogP contribution in [0.2, 0.25) is 0 Å². The van der Waals surface area contributed by atoms with Gasteiger partial charge in [0.1, 0.15) is 17.3 Å². The Morgan fingerprint density at radius 1 is 0.821 bits per heavy atom. The van der Waals surface area contributed by atoms with Gasteiger partial charge in [-0.05, 0) is 110 Å². The number of thiocarbonyl (C=S) groups is 1. The molecule has 1 aliphatic heterocycles. The summed E-state index contributed by atoms with van der Waals surface area (Å²) in [5.74, 6) is 1.27. The van der Waals surface area contributed by atoms with Crippen molar-refractivity contribution < 1.29 is 9.13 Å². The van der Waals surface area contributed by atoms with Gasteiger partial charge in [0.25, 0.3) is 0 Å². The van der Waals surface area contributed by atoms with Crippen LogP contribution in [0.5, 0.6) is 11.5 Å². The molecule has 39 heavy (non-hydrogen) atoms. The molecule has 194 valence electrons. The SMILES string of the molecule is Cc1cc(C2C(c3ccccn3)NC(=S)N2c2ccc(Oc3ccccc3)cc2)c(C)n1-c1ccc(F)cc1. The van der Waals surface area contributed by atoms with Crippen LogP contribution in [0, 0.1) is 19.7 Å². The van der Waals surface area contributed by atoms with Crippen LogP contribution in [0.15, 0.2) is 109 Å². The molecule has 0 spiro atoms. The largest absolute Gasteiger partial charge is 0.457 e. The number of hydrogen-bond donors (Lipinski definition) is 1. The molecule has 3 heterocycles. The van der Waals surface area contributed by atoms with Crippen molar-refractivity contribution in [2.24, 2.45) is 0 Å². The lowest BCUT2D eigenvalue weighted by Gasteiger charge is -2.28. The first-order chi connectivity index (χ1) is 19.0. The number of nitrogens with zero attached hydrogens (tertiary/aromatic N) is 3. The predicted octanol–water partition coefficient (Wildman–Crippen LogP) is 7.60. The lowest BCUT2D eigenvalue weighted by atomic mass is 9.96. The molecule has 2 atom stereocenters. The lowest BCUT2D eigenvalue weighted by Crippen LogP contribution is -2.29. The Balaban J connectivity index is 1.41. The summed E-state index contributed by atoms with van der Waals surface area (Å²) in [6.45, 7) is 4.16. The molecule has 0 radical (unpaired) electrons. The molecule has 0 aliphatic carbocycles. The first-order valence-electron chi connectivity index (χ1n) is 12.8. The Hall–Kier alpha value is -4.49. The van der Waals surface area contributed by atoms with E-state index in [4.69, 9.17) is 17.0 Å². The van der Waals surface area contributed by atoms with Crippen molar-refractivity contribution in [2.75, 3.05) is 4.90 Å². The highest BCUT2D eigenvalue weighted by Gasteiger charge is 2.42. The molecule has 5 aromatic rings. The van der Waals surface area contributed by atoms with Crippen molar-refractivity contribution in [2.45, 2.75) is 25.9 Å². The maximum atomic E-state index is 13.7. The molecule has 0 amide bonds. The Morgan fingerprint density at radius 3 is 2.18 bits per heavy atom. The van der Waals surface area contributed by atoms with Crippen LogP contribution in [0.4, 0.5) is 10.1 Å². The summed E-state index contributed by atoms with van der Waals surface area (Å²) in [6, 6.07) is 32.0. The molecule has 2 aromatic heterocycles. The molecule has 1 saturated heterocycles. The second-order valence-electron chi connectivity index (χ2n) is 9.54. The van der Waals surface area contributed by atoms with E-state index in [1.807, 2.05) is 72.8 Å². The van der Waals surface area contributed by atoms with E-state index in [2.05, 4.69) is 39.7 Å². The number of halogens is 1. The van der Waals surface area contributed by atoms with Crippen LogP contribution in [-0.2, 0) is 0 Å². The van der Waals surface area contributed by atoms with Crippen molar-refractivity contribution in [1.82, 2.24) is 14.9 Å². The monoisotopic (exact) mass is 534 g/mol. The summed E-state index contributed by atoms with van der Waals surface area (Å²) in [6.07, 6.45) is 1.80. The lowest BCUT2D eigenvalue weighted by molar-refractivity contribution is 0.482. The Kier molecular flexibility index (Phi) is 6.59. The number of aromatic nitrogens is 2. The Labute approximate surface area is 232 Å². The van der Waals surface area contributed by atoms with Gasteiger partial charge >= 0.3 is 0 Å². The van der Waals surface area contributed by atoms with Gasteiger partial charge in [-0.1, -0.05) is 24.3 Å². The van der Waals surface area contributed by atoms with Crippen LogP contribution in [0.25, 0.3) is 5.69 Å². The fraction of sp³-hybridized carbons (Fsp3) is 0.125. The minimum absolute atomic E-state index is 0.159. The number of anilines is 1. The van der Waals surface area contributed by atoms with Crippen molar-refractivity contribution in [3.8, 4) is 17.2 Å². The van der Waals surface area contributed by atoms with Gasteiger partial charge in [-0.15, -0.1) is 0 Å². The van der Waals surface area contributed by atoms with E-state index in [0.717, 1.165) is 45.5 Å². The van der Waals surface area contributed by atoms with Crippen molar-refractivity contribution in [3.63, 3.8) is 0 Å². The number of benzene rings is 3. The van der Waals surface area contributed by atoms with Gasteiger partial charge in [-0.2, -0.15) is 0 Å². The number of ether oxygens (including phenoxy) is 1. The van der Waals surface area contributed by atoms with Crippen LogP contribution < -0.4 is 15.0 Å². The molecule has 3 aromatic carbocycles. The van der Waals surface area contributed by atoms with Crippen molar-refractivity contribution in [3.05, 3.63) is 138 Å². The third-order valence-electron chi connectivity index (χ3n) is 7.07. The molecule has 1 aliphatic rings. The number of nitrogens with one attached hydrogen (secondary N) is 1. The van der Waals surface area contributed by atoms with Gasteiger partial charge in [0, 0.05) is 29.0 Å². The Morgan fingerprint density at radius 2 is 1.49 bits per heavy atom. The van der Waals surface area contributed by atoms with Gasteiger partial charge in [-0.25, -0.2) is 4.39 Å². The van der Waals surface area contributed by atoms with Crippen molar-refractivity contribution in [1.29, 1.82) is 0 Å². The van der Waals surface area contributed by atoms with Crippen molar-refractivity contribution >= 4 is 23.0 Å². The van der Waals surface area contributed by atoms with E-state index in [1.165, 1.54) is 12.1 Å². The molecule has 5 nitrogen and oxygen atoms in total. The zero-order chi connectivity index (χ0) is 26.9. The fourth-order valence-corrected chi connectivity index (χ4v) is 5.67. The van der Waals surface area contributed by atoms with E-state index in [-0.39, 0.29) is 17.9 Å². The van der Waals surface area contributed by atoms with E-state index < -0.39 is 0 Å². The number of rotatable bonds is 6. The highest BCUT2D eigenvalue weighted by molar-refractivity contribution is 7.80. The summed E-state index contributed by atoms with van der Waals surface area (Å²) in [4.78, 5) is 6.82. The number of pyridine rings is 1. The molecule has 6 rings (SSSR count). The summed E-state index contributed by atoms with van der Waals surface area (Å²) in [5.41, 5.74) is 5.99. The minimum Gasteiger partial charge on any atom is -0.457 e. The molecule has 0 bridgehead atoms. The molecular weight excluding hydrogens is 507 g/mol. The zero-order valence-corrected chi connectivity index (χ0v) is 22.4. The summed E-state index contributed by atoms with van der Waals surface area (Å²) in [7, 11) is 0. The standard InChI is InChI=1S/C32H27FN4OS/c1-21-20-28(22(2)36(21)24-13-11-23(33)12-14-24)31-30(29-10-6-7-19-34-29)35-32(39)37(31)25-15-17-27(18-16-25)38-26-8-4-3-5-9-26/h3-20,30-31H,1-2H3,(H,35,39). The van der Waals surface area contributed by atoms with Gasteiger partial charge in [-0.3, -0.25) is 4.98 Å².